The predicted molar refractivity (Wildman–Crippen MR) is 150 cm³/mol. The average Bonchev–Trinajstić information content (AvgIpc) is 2.77. The Labute approximate surface area is 225 Å². The molecule has 2 aromatic rings. The number of nitrogens with zero attached hydrogens (tertiary/aromatic N) is 2. The molecule has 2 heterocycles. The van der Waals surface area contributed by atoms with E-state index in [1.807, 2.05) is 13.1 Å². The second-order valence-electron chi connectivity index (χ2n) is 11.8. The van der Waals surface area contributed by atoms with E-state index in [4.69, 9.17) is 9.52 Å². The zero-order valence-electron chi connectivity index (χ0n) is 23.1. The highest BCUT2D eigenvalue weighted by Gasteiger charge is 2.38. The van der Waals surface area contributed by atoms with Gasteiger partial charge in [-0.2, -0.15) is 0 Å². The maximum Gasteiger partial charge on any atom is 0.362 e. The fourth-order valence-corrected chi connectivity index (χ4v) is 6.26. The Morgan fingerprint density at radius 2 is 1.89 bits per heavy atom. The summed E-state index contributed by atoms with van der Waals surface area (Å²) in [4.78, 5) is 15.2. The van der Waals surface area contributed by atoms with Crippen LogP contribution in [0.4, 0.5) is 5.69 Å². The molecule has 0 atom stereocenters. The Morgan fingerprint density at radius 1 is 1.18 bits per heavy atom. The minimum absolute atomic E-state index is 0.138. The Morgan fingerprint density at radius 3 is 2.55 bits per heavy atom. The molecule has 206 valence electrons. The Bertz CT molecular complexity index is 1440. The molecule has 0 spiro atoms. The largest absolute Gasteiger partial charge is 0.748 e. The van der Waals surface area contributed by atoms with Crippen molar-refractivity contribution >= 4 is 44.4 Å². The average molecular weight is 543 g/mol. The summed E-state index contributed by atoms with van der Waals surface area (Å²) in [6.45, 7) is 11.7. The van der Waals surface area contributed by atoms with Crippen LogP contribution in [0.25, 0.3) is 22.6 Å². The fourth-order valence-electron chi connectivity index (χ4n) is 5.77. The number of carbonyl (C=O) groups is 1. The first-order chi connectivity index (χ1) is 17.6. The van der Waals surface area contributed by atoms with E-state index in [2.05, 4.69) is 68.7 Å². The molecule has 0 radical (unpaired) electrons. The number of hydrogen-bond donors (Lipinski definition) is 1. The number of rotatable bonds is 9. The van der Waals surface area contributed by atoms with Gasteiger partial charge in [-0.05, 0) is 57.7 Å². The highest BCUT2D eigenvalue weighted by atomic mass is 32.2. The molecule has 1 aliphatic carbocycles. The van der Waals surface area contributed by atoms with Crippen LogP contribution in [-0.4, -0.2) is 60.4 Å². The number of anilines is 1. The zero-order valence-corrected chi connectivity index (χ0v) is 23.9. The highest BCUT2D eigenvalue weighted by Crippen LogP contribution is 2.45. The van der Waals surface area contributed by atoms with Crippen molar-refractivity contribution in [2.75, 3.05) is 30.8 Å². The third-order valence-electron chi connectivity index (χ3n) is 7.69. The predicted octanol–water partition coefficient (Wildman–Crippen LogP) is 5.47. The highest BCUT2D eigenvalue weighted by molar-refractivity contribution is 7.85. The van der Waals surface area contributed by atoms with Gasteiger partial charge >= 0.3 is 17.3 Å². The third kappa shape index (κ3) is 5.89. The Kier molecular flexibility index (Phi) is 7.40. The van der Waals surface area contributed by atoms with E-state index in [1.165, 1.54) is 0 Å². The van der Waals surface area contributed by atoms with Crippen LogP contribution in [0.5, 0.6) is 0 Å². The van der Waals surface area contributed by atoms with Crippen LogP contribution in [0.15, 0.2) is 34.4 Å². The van der Waals surface area contributed by atoms with Gasteiger partial charge in [-0.25, -0.2) is 12.8 Å². The number of aliphatic carboxylic acids is 1. The van der Waals surface area contributed by atoms with Gasteiger partial charge in [0.05, 0.1) is 44.4 Å². The number of carboxylic acid groups (broad SMARTS) is 1. The topological polar surface area (TPSA) is 112 Å². The monoisotopic (exact) mass is 542 g/mol. The normalized spacial score (nSPS) is 17.9. The summed E-state index contributed by atoms with van der Waals surface area (Å²) >= 11 is 0. The summed E-state index contributed by atoms with van der Waals surface area (Å²) < 4.78 is 40.2. The van der Waals surface area contributed by atoms with Crippen molar-refractivity contribution in [3.05, 3.63) is 46.9 Å². The van der Waals surface area contributed by atoms with Crippen molar-refractivity contribution in [3.63, 3.8) is 0 Å². The molecule has 8 nitrogen and oxygen atoms in total. The molecule has 0 saturated heterocycles. The molecule has 1 aromatic heterocycles. The minimum Gasteiger partial charge on any atom is -0.748 e. The summed E-state index contributed by atoms with van der Waals surface area (Å²) in [6.07, 6.45) is 6.02. The van der Waals surface area contributed by atoms with Crippen molar-refractivity contribution < 1.29 is 27.3 Å². The molecule has 0 amide bonds. The van der Waals surface area contributed by atoms with Gasteiger partial charge in [-0.3, -0.25) is 4.79 Å². The van der Waals surface area contributed by atoms with E-state index in [-0.39, 0.29) is 23.8 Å². The molecule has 9 heteroatoms. The van der Waals surface area contributed by atoms with E-state index in [0.717, 1.165) is 51.2 Å². The molecule has 0 unspecified atom stereocenters. The van der Waals surface area contributed by atoms with Gasteiger partial charge in [-0.15, -0.1) is 0 Å². The lowest BCUT2D eigenvalue weighted by molar-refractivity contribution is -0.137. The molecule has 2 aliphatic rings. The SMILES string of the molecule is CC1=CC(C)(C)N(CCCS(=O)(=O)[O-])c2cc3[o+]c4c(cc3cc21)C(C)(C)CC(N(C)CCCC(=O)O)=C4. The van der Waals surface area contributed by atoms with Crippen LogP contribution in [0.2, 0.25) is 0 Å². The number of fused-ring (bicyclic) bond motifs is 3. The van der Waals surface area contributed by atoms with Gasteiger partial charge in [-0.1, -0.05) is 19.9 Å². The number of carboxylic acids is 1. The van der Waals surface area contributed by atoms with Crippen LogP contribution >= 0.6 is 0 Å². The van der Waals surface area contributed by atoms with Crippen LogP contribution in [0.1, 0.15) is 77.2 Å². The summed E-state index contributed by atoms with van der Waals surface area (Å²) in [5.41, 5.74) is 5.60. The van der Waals surface area contributed by atoms with Crippen molar-refractivity contribution in [1.82, 2.24) is 4.90 Å². The standard InChI is InChI=1S/C29H38N2O6S/c1-19-17-29(4,5)31(11-8-12-38(34,35)36)24-16-25-20(13-22(19)24)14-23-26(37-25)15-21(18-28(23,2)3)30(6)10-7-9-27(32)33/h13-17H,7-12,18H2,1-6H3,(H-,32,33,34,35,36). The molecule has 0 saturated carbocycles. The zero-order chi connectivity index (χ0) is 28.0. The maximum absolute atomic E-state index is 11.2. The first-order valence-corrected chi connectivity index (χ1v) is 14.6. The van der Waals surface area contributed by atoms with Crippen LogP contribution in [0.3, 0.4) is 0 Å². The maximum atomic E-state index is 11.2. The molecule has 1 N–H and O–H groups in total. The lowest BCUT2D eigenvalue weighted by atomic mass is 9.76. The van der Waals surface area contributed by atoms with E-state index in [1.54, 1.807) is 0 Å². The van der Waals surface area contributed by atoms with E-state index >= 15 is 0 Å². The van der Waals surface area contributed by atoms with Gasteiger partial charge in [0, 0.05) is 49.0 Å². The summed E-state index contributed by atoms with van der Waals surface area (Å²) in [5, 5.41) is 9.99. The number of benzene rings is 1. The smallest absolute Gasteiger partial charge is 0.362 e. The third-order valence-corrected chi connectivity index (χ3v) is 8.48. The summed E-state index contributed by atoms with van der Waals surface area (Å²) in [6, 6.07) is 6.37. The summed E-state index contributed by atoms with van der Waals surface area (Å²) in [7, 11) is -2.29. The van der Waals surface area contributed by atoms with Crippen LogP contribution in [-0.2, 0) is 20.3 Å². The molecule has 0 bridgehead atoms. The van der Waals surface area contributed by atoms with E-state index in [9.17, 15) is 17.8 Å². The van der Waals surface area contributed by atoms with Crippen molar-refractivity contribution in [3.8, 4) is 0 Å². The van der Waals surface area contributed by atoms with Gasteiger partial charge < -0.3 is 19.5 Å². The molecule has 4 rings (SSSR count). The number of allylic oxidation sites excluding steroid dienone is 2. The van der Waals surface area contributed by atoms with Gasteiger partial charge in [0.2, 0.25) is 0 Å². The van der Waals surface area contributed by atoms with Crippen LogP contribution in [0, 0.1) is 0 Å². The Hall–Kier alpha value is -2.91. The Balaban J connectivity index is 1.75. The van der Waals surface area contributed by atoms with Crippen molar-refractivity contribution in [2.45, 2.75) is 71.3 Å². The fraction of sp³-hybridized carbons (Fsp3) is 0.517. The molecular weight excluding hydrogens is 504 g/mol. The number of hydrogen-bond acceptors (Lipinski definition) is 6. The van der Waals surface area contributed by atoms with Gasteiger partial charge in [0.25, 0.3) is 0 Å². The quantitative estimate of drug-likeness (QED) is 0.328. The van der Waals surface area contributed by atoms with Crippen molar-refractivity contribution in [2.24, 2.45) is 0 Å². The summed E-state index contributed by atoms with van der Waals surface area (Å²) in [5.74, 6) is -0.394. The van der Waals surface area contributed by atoms with Crippen molar-refractivity contribution in [1.29, 1.82) is 0 Å². The second kappa shape index (κ2) is 10.0. The first kappa shape index (κ1) is 28.1. The van der Waals surface area contributed by atoms with Gasteiger partial charge in [0.1, 0.15) is 0 Å². The lowest BCUT2D eigenvalue weighted by Gasteiger charge is -2.43. The molecular formula is C29H38N2O6S. The molecule has 1 aromatic carbocycles. The van der Waals surface area contributed by atoms with Gasteiger partial charge in [0.15, 0.2) is 0 Å². The lowest BCUT2D eigenvalue weighted by Crippen LogP contribution is -2.46. The van der Waals surface area contributed by atoms with E-state index in [0.29, 0.717) is 19.5 Å². The second-order valence-corrected chi connectivity index (χ2v) is 13.3. The molecule has 0 fully saturated rings. The first-order valence-electron chi connectivity index (χ1n) is 13.1. The molecule has 1 aliphatic heterocycles. The van der Waals surface area contributed by atoms with Crippen LogP contribution < -0.4 is 4.90 Å². The molecule has 38 heavy (non-hydrogen) atoms. The minimum atomic E-state index is -4.28. The van der Waals surface area contributed by atoms with E-state index < -0.39 is 21.8 Å².